The van der Waals surface area contributed by atoms with Crippen molar-refractivity contribution in [2.75, 3.05) is 7.11 Å². The summed E-state index contributed by atoms with van der Waals surface area (Å²) in [5.41, 5.74) is 0.378. The predicted molar refractivity (Wildman–Crippen MR) is 75.5 cm³/mol. The van der Waals surface area contributed by atoms with Gasteiger partial charge in [0.1, 0.15) is 5.54 Å². The van der Waals surface area contributed by atoms with Crippen LogP contribution in [-0.4, -0.2) is 19.3 Å². The topological polar surface area (TPSA) is 47.9 Å². The number of halogens is 1. The standard InChI is InChI=1S/C14H16BrNO3/c1-9(2)19-13-11(18-3)5-4-10(15)12(13)14(6-7-14)16-8-17/h4-5,9H,6-7H2,1-3H3. The molecule has 1 aliphatic rings. The van der Waals surface area contributed by atoms with Crippen molar-refractivity contribution in [3.8, 4) is 11.5 Å². The van der Waals surface area contributed by atoms with Gasteiger partial charge in [-0.3, -0.25) is 0 Å². The van der Waals surface area contributed by atoms with E-state index in [1.54, 1.807) is 13.2 Å². The summed E-state index contributed by atoms with van der Waals surface area (Å²) < 4.78 is 12.1. The number of isocyanates is 1. The molecule has 0 saturated heterocycles. The molecule has 19 heavy (non-hydrogen) atoms. The summed E-state index contributed by atoms with van der Waals surface area (Å²) in [6.07, 6.45) is 3.33. The van der Waals surface area contributed by atoms with Crippen molar-refractivity contribution >= 4 is 22.0 Å². The second-order valence-corrected chi connectivity index (χ2v) is 5.71. The molecule has 0 aromatic heterocycles. The molecule has 0 bridgehead atoms. The minimum atomic E-state index is -0.501. The van der Waals surface area contributed by atoms with Crippen molar-refractivity contribution in [2.45, 2.75) is 38.3 Å². The third-order valence-corrected chi connectivity index (χ3v) is 3.75. The van der Waals surface area contributed by atoms with Crippen LogP contribution in [-0.2, 0) is 10.3 Å². The van der Waals surface area contributed by atoms with Crippen LogP contribution in [0.5, 0.6) is 11.5 Å². The molecule has 0 spiro atoms. The fourth-order valence-electron chi connectivity index (χ4n) is 2.11. The third-order valence-electron chi connectivity index (χ3n) is 3.09. The molecular weight excluding hydrogens is 310 g/mol. The van der Waals surface area contributed by atoms with Gasteiger partial charge in [0.25, 0.3) is 0 Å². The summed E-state index contributed by atoms with van der Waals surface area (Å²) >= 11 is 3.52. The van der Waals surface area contributed by atoms with Gasteiger partial charge in [0.2, 0.25) is 6.08 Å². The molecule has 0 unspecified atom stereocenters. The van der Waals surface area contributed by atoms with Gasteiger partial charge in [-0.25, -0.2) is 4.79 Å². The quantitative estimate of drug-likeness (QED) is 0.614. The maximum atomic E-state index is 10.7. The SMILES string of the molecule is COc1ccc(Br)c(C2(N=C=O)CC2)c1OC(C)C. The maximum Gasteiger partial charge on any atom is 0.235 e. The lowest BCUT2D eigenvalue weighted by Crippen LogP contribution is -2.13. The second kappa shape index (κ2) is 5.35. The number of rotatable bonds is 5. The number of nitrogens with zero attached hydrogens (tertiary/aromatic N) is 1. The zero-order chi connectivity index (χ0) is 14.0. The molecule has 102 valence electrons. The first-order valence-electron chi connectivity index (χ1n) is 6.17. The molecule has 4 nitrogen and oxygen atoms in total. The molecule has 0 heterocycles. The van der Waals surface area contributed by atoms with Crippen LogP contribution in [0.4, 0.5) is 0 Å². The molecule has 1 aromatic rings. The van der Waals surface area contributed by atoms with E-state index in [2.05, 4.69) is 20.9 Å². The van der Waals surface area contributed by atoms with E-state index in [1.165, 1.54) is 0 Å². The lowest BCUT2D eigenvalue weighted by molar-refractivity contribution is 0.225. The van der Waals surface area contributed by atoms with Crippen molar-refractivity contribution in [3.05, 3.63) is 22.2 Å². The number of hydrogen-bond acceptors (Lipinski definition) is 4. The van der Waals surface area contributed by atoms with Gasteiger partial charge in [-0.15, -0.1) is 0 Å². The van der Waals surface area contributed by atoms with Crippen LogP contribution >= 0.6 is 15.9 Å². The van der Waals surface area contributed by atoms with Gasteiger partial charge in [-0.05, 0) is 38.8 Å². The highest BCUT2D eigenvalue weighted by Gasteiger charge is 2.49. The van der Waals surface area contributed by atoms with Gasteiger partial charge in [-0.1, -0.05) is 15.9 Å². The Labute approximate surface area is 120 Å². The molecule has 0 amide bonds. The van der Waals surface area contributed by atoms with Crippen molar-refractivity contribution in [2.24, 2.45) is 4.99 Å². The summed E-state index contributed by atoms with van der Waals surface area (Å²) in [5, 5.41) is 0. The van der Waals surface area contributed by atoms with E-state index in [0.29, 0.717) is 11.5 Å². The van der Waals surface area contributed by atoms with Crippen LogP contribution in [0.3, 0.4) is 0 Å². The Kier molecular flexibility index (Phi) is 3.97. The van der Waals surface area contributed by atoms with Gasteiger partial charge < -0.3 is 9.47 Å². The molecule has 2 rings (SSSR count). The van der Waals surface area contributed by atoms with Crippen molar-refractivity contribution in [3.63, 3.8) is 0 Å². The fraction of sp³-hybridized carbons (Fsp3) is 0.500. The molecule has 0 radical (unpaired) electrons. The normalized spacial score (nSPS) is 15.8. The zero-order valence-corrected chi connectivity index (χ0v) is 12.8. The Morgan fingerprint density at radius 1 is 1.42 bits per heavy atom. The number of ether oxygens (including phenoxy) is 2. The highest BCUT2D eigenvalue weighted by Crippen LogP contribution is 2.56. The van der Waals surface area contributed by atoms with E-state index in [9.17, 15) is 4.79 Å². The van der Waals surface area contributed by atoms with E-state index < -0.39 is 5.54 Å². The zero-order valence-electron chi connectivity index (χ0n) is 11.2. The van der Waals surface area contributed by atoms with Crippen LogP contribution < -0.4 is 9.47 Å². The maximum absolute atomic E-state index is 10.7. The summed E-state index contributed by atoms with van der Waals surface area (Å²) in [5.74, 6) is 1.31. The Morgan fingerprint density at radius 2 is 2.11 bits per heavy atom. The molecule has 0 N–H and O–H groups in total. The summed E-state index contributed by atoms with van der Waals surface area (Å²) in [4.78, 5) is 14.6. The van der Waals surface area contributed by atoms with Crippen LogP contribution in [0.25, 0.3) is 0 Å². The Bertz CT molecular complexity index is 532. The summed E-state index contributed by atoms with van der Waals surface area (Å²) in [6.45, 7) is 3.90. The minimum Gasteiger partial charge on any atom is -0.493 e. The summed E-state index contributed by atoms with van der Waals surface area (Å²) in [7, 11) is 1.60. The van der Waals surface area contributed by atoms with E-state index in [1.807, 2.05) is 26.0 Å². The number of carbonyl (C=O) groups excluding carboxylic acids is 1. The number of hydrogen-bond donors (Lipinski definition) is 0. The average molecular weight is 326 g/mol. The Hall–Kier alpha value is -1.32. The van der Waals surface area contributed by atoms with Gasteiger partial charge in [-0.2, -0.15) is 4.99 Å². The van der Waals surface area contributed by atoms with Gasteiger partial charge >= 0.3 is 0 Å². The number of methoxy groups -OCH3 is 1. The molecular formula is C14H16BrNO3. The van der Waals surface area contributed by atoms with E-state index in [4.69, 9.17) is 9.47 Å². The second-order valence-electron chi connectivity index (χ2n) is 4.86. The highest BCUT2D eigenvalue weighted by molar-refractivity contribution is 9.10. The molecule has 1 fully saturated rings. The largest absolute Gasteiger partial charge is 0.493 e. The minimum absolute atomic E-state index is 0.0120. The number of aliphatic imine (C=N–C) groups is 1. The van der Waals surface area contributed by atoms with Gasteiger partial charge in [0.05, 0.1) is 13.2 Å². The Morgan fingerprint density at radius 3 is 2.58 bits per heavy atom. The van der Waals surface area contributed by atoms with E-state index in [-0.39, 0.29) is 6.10 Å². The first kappa shape index (κ1) is 14.1. The predicted octanol–water partition coefficient (Wildman–Crippen LogP) is 3.57. The molecule has 0 aliphatic heterocycles. The van der Waals surface area contributed by atoms with Crippen molar-refractivity contribution in [1.82, 2.24) is 0 Å². The van der Waals surface area contributed by atoms with Crippen molar-refractivity contribution in [1.29, 1.82) is 0 Å². The van der Waals surface area contributed by atoms with Gasteiger partial charge in [0, 0.05) is 10.0 Å². The first-order chi connectivity index (χ1) is 9.04. The number of benzene rings is 1. The lowest BCUT2D eigenvalue weighted by Gasteiger charge is -2.21. The van der Waals surface area contributed by atoms with E-state index in [0.717, 1.165) is 22.9 Å². The molecule has 1 saturated carbocycles. The fourth-order valence-corrected chi connectivity index (χ4v) is 2.79. The average Bonchev–Trinajstić information content (AvgIpc) is 3.10. The summed E-state index contributed by atoms with van der Waals surface area (Å²) in [6, 6.07) is 3.73. The molecule has 0 atom stereocenters. The van der Waals surface area contributed by atoms with Crippen molar-refractivity contribution < 1.29 is 14.3 Å². The van der Waals surface area contributed by atoms with Crippen LogP contribution in [0, 0.1) is 0 Å². The first-order valence-corrected chi connectivity index (χ1v) is 6.96. The monoisotopic (exact) mass is 325 g/mol. The Balaban J connectivity index is 2.60. The van der Waals surface area contributed by atoms with Gasteiger partial charge in [0.15, 0.2) is 11.5 Å². The van der Waals surface area contributed by atoms with Crippen LogP contribution in [0.2, 0.25) is 0 Å². The smallest absolute Gasteiger partial charge is 0.235 e. The van der Waals surface area contributed by atoms with Crippen LogP contribution in [0.15, 0.2) is 21.6 Å². The molecule has 1 aromatic carbocycles. The highest BCUT2D eigenvalue weighted by atomic mass is 79.9. The van der Waals surface area contributed by atoms with Crippen LogP contribution in [0.1, 0.15) is 32.3 Å². The molecule has 1 aliphatic carbocycles. The molecule has 5 heteroatoms. The lowest BCUT2D eigenvalue weighted by atomic mass is 10.0. The van der Waals surface area contributed by atoms with E-state index >= 15 is 0 Å². The third kappa shape index (κ3) is 2.67.